The van der Waals surface area contributed by atoms with Crippen LogP contribution in [0, 0.1) is 0 Å². The SMILES string of the molecule is CCCS(=O)(=O)NC1(c2ncc(C(=O)O)[nH]2)CCC1. The Morgan fingerprint density at radius 1 is 1.58 bits per heavy atom. The number of hydrogen-bond acceptors (Lipinski definition) is 4. The second kappa shape index (κ2) is 4.93. The summed E-state index contributed by atoms with van der Waals surface area (Å²) in [4.78, 5) is 17.5. The van der Waals surface area contributed by atoms with Crippen LogP contribution in [0.4, 0.5) is 0 Å². The molecule has 0 unspecified atom stereocenters. The van der Waals surface area contributed by atoms with Gasteiger partial charge in [-0.3, -0.25) is 0 Å². The van der Waals surface area contributed by atoms with Gasteiger partial charge in [0, 0.05) is 0 Å². The Balaban J connectivity index is 2.25. The molecule has 1 saturated carbocycles. The number of sulfonamides is 1. The number of imidazole rings is 1. The summed E-state index contributed by atoms with van der Waals surface area (Å²) in [6.45, 7) is 1.79. The van der Waals surface area contributed by atoms with Crippen LogP contribution >= 0.6 is 0 Å². The monoisotopic (exact) mass is 287 g/mol. The smallest absolute Gasteiger partial charge is 0.353 e. The number of aromatic carboxylic acids is 1. The van der Waals surface area contributed by atoms with E-state index in [2.05, 4.69) is 14.7 Å². The molecule has 8 heteroatoms. The molecule has 0 saturated heterocycles. The predicted molar refractivity (Wildman–Crippen MR) is 68.3 cm³/mol. The molecule has 1 aromatic rings. The molecule has 3 N–H and O–H groups in total. The van der Waals surface area contributed by atoms with Gasteiger partial charge < -0.3 is 10.1 Å². The van der Waals surface area contributed by atoms with Gasteiger partial charge >= 0.3 is 5.97 Å². The van der Waals surface area contributed by atoms with Crippen molar-refractivity contribution in [1.82, 2.24) is 14.7 Å². The van der Waals surface area contributed by atoms with E-state index in [1.54, 1.807) is 6.92 Å². The van der Waals surface area contributed by atoms with E-state index in [0.29, 0.717) is 25.1 Å². The number of carbonyl (C=O) groups is 1. The van der Waals surface area contributed by atoms with E-state index in [4.69, 9.17) is 5.11 Å². The quantitative estimate of drug-likeness (QED) is 0.717. The van der Waals surface area contributed by atoms with Crippen molar-refractivity contribution in [3.8, 4) is 0 Å². The third kappa shape index (κ3) is 2.79. The predicted octanol–water partition coefficient (Wildman–Crippen LogP) is 0.816. The zero-order chi connectivity index (χ0) is 14.1. The lowest BCUT2D eigenvalue weighted by Crippen LogP contribution is -2.52. The fourth-order valence-corrected chi connectivity index (χ4v) is 3.74. The number of hydrogen-bond donors (Lipinski definition) is 3. The number of aromatic nitrogens is 2. The molecule has 0 bridgehead atoms. The van der Waals surface area contributed by atoms with Crippen LogP contribution in [0.5, 0.6) is 0 Å². The number of H-pyrrole nitrogens is 1. The Bertz CT molecular complexity index is 575. The van der Waals surface area contributed by atoms with Crippen molar-refractivity contribution >= 4 is 16.0 Å². The molecule has 0 spiro atoms. The first-order chi connectivity index (χ1) is 8.88. The zero-order valence-corrected chi connectivity index (χ0v) is 11.5. The van der Waals surface area contributed by atoms with Crippen LogP contribution in [0.15, 0.2) is 6.20 Å². The molecule has 1 aromatic heterocycles. The minimum absolute atomic E-state index is 0.0315. The lowest BCUT2D eigenvalue weighted by Gasteiger charge is -2.40. The molecule has 1 aliphatic rings. The second-order valence-electron chi connectivity index (χ2n) is 4.81. The average molecular weight is 287 g/mol. The first kappa shape index (κ1) is 14.0. The van der Waals surface area contributed by atoms with Crippen LogP contribution in [0.25, 0.3) is 0 Å². The molecular weight excluding hydrogens is 270 g/mol. The second-order valence-corrected chi connectivity index (χ2v) is 6.65. The fraction of sp³-hybridized carbons (Fsp3) is 0.636. The van der Waals surface area contributed by atoms with E-state index in [1.165, 1.54) is 6.20 Å². The van der Waals surface area contributed by atoms with E-state index >= 15 is 0 Å². The van der Waals surface area contributed by atoms with Crippen LogP contribution in [0.2, 0.25) is 0 Å². The van der Waals surface area contributed by atoms with Crippen molar-refractivity contribution < 1.29 is 18.3 Å². The Morgan fingerprint density at radius 3 is 2.68 bits per heavy atom. The van der Waals surface area contributed by atoms with Gasteiger partial charge in [0.2, 0.25) is 10.0 Å². The summed E-state index contributed by atoms with van der Waals surface area (Å²) in [5.74, 6) is -0.665. The van der Waals surface area contributed by atoms with Gasteiger partial charge in [0.1, 0.15) is 11.5 Å². The molecule has 0 radical (unpaired) electrons. The van der Waals surface area contributed by atoms with Gasteiger partial charge in [-0.05, 0) is 25.7 Å². The van der Waals surface area contributed by atoms with Crippen LogP contribution in [-0.4, -0.2) is 35.2 Å². The number of nitrogens with one attached hydrogen (secondary N) is 2. The molecule has 0 amide bonds. The number of nitrogens with zero attached hydrogens (tertiary/aromatic N) is 1. The van der Waals surface area contributed by atoms with Gasteiger partial charge in [-0.25, -0.2) is 22.9 Å². The fourth-order valence-electron chi connectivity index (χ4n) is 2.21. The summed E-state index contributed by atoms with van der Waals surface area (Å²) in [6.07, 6.45) is 3.89. The van der Waals surface area contributed by atoms with Gasteiger partial charge in [0.05, 0.1) is 17.5 Å². The minimum atomic E-state index is -3.37. The van der Waals surface area contributed by atoms with E-state index in [9.17, 15) is 13.2 Å². The molecule has 1 fully saturated rings. The molecule has 1 aliphatic carbocycles. The van der Waals surface area contributed by atoms with E-state index < -0.39 is 21.5 Å². The molecular formula is C11H17N3O4S. The average Bonchev–Trinajstić information content (AvgIpc) is 2.73. The summed E-state index contributed by atoms with van der Waals surface area (Å²) < 4.78 is 26.4. The summed E-state index contributed by atoms with van der Waals surface area (Å²) in [5, 5.41) is 8.86. The maximum absolute atomic E-state index is 11.9. The molecule has 0 atom stereocenters. The van der Waals surface area contributed by atoms with E-state index in [-0.39, 0.29) is 11.4 Å². The highest BCUT2D eigenvalue weighted by atomic mass is 32.2. The first-order valence-corrected chi connectivity index (χ1v) is 7.84. The Hall–Kier alpha value is -1.41. The molecule has 7 nitrogen and oxygen atoms in total. The van der Waals surface area contributed by atoms with Crippen LogP contribution in [0.3, 0.4) is 0 Å². The lowest BCUT2D eigenvalue weighted by molar-refractivity contribution is 0.0690. The maximum atomic E-state index is 11.9. The van der Waals surface area contributed by atoms with Gasteiger partial charge in [0.15, 0.2) is 0 Å². The van der Waals surface area contributed by atoms with Crippen molar-refractivity contribution in [3.05, 3.63) is 17.7 Å². The molecule has 2 rings (SSSR count). The highest BCUT2D eigenvalue weighted by molar-refractivity contribution is 7.89. The highest BCUT2D eigenvalue weighted by Crippen LogP contribution is 2.40. The topological polar surface area (TPSA) is 112 Å². The number of rotatable bonds is 6. The van der Waals surface area contributed by atoms with Gasteiger partial charge in [0.25, 0.3) is 0 Å². The third-order valence-electron chi connectivity index (χ3n) is 3.29. The van der Waals surface area contributed by atoms with Gasteiger partial charge in [-0.15, -0.1) is 0 Å². The largest absolute Gasteiger partial charge is 0.477 e. The van der Waals surface area contributed by atoms with Crippen molar-refractivity contribution in [2.45, 2.75) is 38.1 Å². The molecule has 0 aliphatic heterocycles. The molecule has 0 aromatic carbocycles. The number of carboxylic acids is 1. The standard InChI is InChI=1S/C11H17N3O4S/c1-2-6-19(17,18)14-11(4-3-5-11)10-12-7-8(13-10)9(15)16/h7,14H,2-6H2,1H3,(H,12,13)(H,15,16). The van der Waals surface area contributed by atoms with Crippen molar-refractivity contribution in [2.75, 3.05) is 5.75 Å². The first-order valence-electron chi connectivity index (χ1n) is 6.19. The Morgan fingerprint density at radius 2 is 2.26 bits per heavy atom. The van der Waals surface area contributed by atoms with Crippen molar-refractivity contribution in [3.63, 3.8) is 0 Å². The Kier molecular flexibility index (Phi) is 3.64. The van der Waals surface area contributed by atoms with Crippen LogP contribution in [-0.2, 0) is 15.6 Å². The normalized spacial score (nSPS) is 17.9. The molecule has 1 heterocycles. The zero-order valence-electron chi connectivity index (χ0n) is 10.6. The van der Waals surface area contributed by atoms with Gasteiger partial charge in [-0.1, -0.05) is 6.92 Å². The lowest BCUT2D eigenvalue weighted by atomic mass is 9.77. The molecule has 106 valence electrons. The number of carboxylic acid groups (broad SMARTS) is 1. The van der Waals surface area contributed by atoms with Crippen molar-refractivity contribution in [1.29, 1.82) is 0 Å². The highest BCUT2D eigenvalue weighted by Gasteiger charge is 2.44. The van der Waals surface area contributed by atoms with Crippen LogP contribution < -0.4 is 4.72 Å². The summed E-state index contributed by atoms with van der Waals surface area (Å²) in [5.41, 5.74) is -0.794. The van der Waals surface area contributed by atoms with E-state index in [1.807, 2.05) is 0 Å². The summed E-state index contributed by atoms with van der Waals surface area (Å²) >= 11 is 0. The number of aromatic amines is 1. The van der Waals surface area contributed by atoms with Crippen molar-refractivity contribution in [2.24, 2.45) is 0 Å². The third-order valence-corrected chi connectivity index (χ3v) is 4.94. The van der Waals surface area contributed by atoms with E-state index in [0.717, 1.165) is 6.42 Å². The maximum Gasteiger partial charge on any atom is 0.353 e. The summed E-state index contributed by atoms with van der Waals surface area (Å²) in [7, 11) is -3.37. The molecule has 19 heavy (non-hydrogen) atoms. The minimum Gasteiger partial charge on any atom is -0.477 e. The summed E-state index contributed by atoms with van der Waals surface area (Å²) in [6, 6.07) is 0. The van der Waals surface area contributed by atoms with Crippen LogP contribution in [0.1, 0.15) is 48.9 Å². The Labute approximate surface area is 111 Å². The van der Waals surface area contributed by atoms with Gasteiger partial charge in [-0.2, -0.15) is 0 Å².